The maximum atomic E-state index is 13.3. The highest BCUT2D eigenvalue weighted by Gasteiger charge is 2.77. The minimum Gasteiger partial charge on any atom is -0.485 e. The summed E-state index contributed by atoms with van der Waals surface area (Å²) in [6.07, 6.45) is 8.49. The highest BCUT2D eigenvalue weighted by Crippen LogP contribution is 2.72. The number of carbonyl (C=O) groups excluding carboxylic acids is 1. The fourth-order valence-corrected chi connectivity index (χ4v) is 8.83. The smallest absolute Gasteiger partial charge is 0.166 e. The molecule has 0 N–H and O–H groups in total. The van der Waals surface area contributed by atoms with E-state index in [2.05, 4.69) is 72.3 Å². The van der Waals surface area contributed by atoms with Gasteiger partial charge in [-0.15, -0.1) is 6.42 Å². The van der Waals surface area contributed by atoms with Crippen molar-refractivity contribution >= 4 is 5.78 Å². The summed E-state index contributed by atoms with van der Waals surface area (Å²) in [4.78, 5) is 15.9. The SMILES string of the molecule is C#C[C@@]12C[C@@H](C(C)=O)[C@@](C)(OC)[C@H]3Oc4c(OCc5ccccc5)ccc5c4[C@]31CCN(Cc1ccccc1)[C@@H]2C5. The minimum absolute atomic E-state index is 0.0744. The van der Waals surface area contributed by atoms with Crippen LogP contribution in [-0.2, 0) is 34.5 Å². The molecule has 2 bridgehead atoms. The van der Waals surface area contributed by atoms with Gasteiger partial charge < -0.3 is 14.2 Å². The number of terminal acetylenes is 1. The average Bonchev–Trinajstić information content (AvgIpc) is 3.36. The molecule has 3 aromatic carbocycles. The van der Waals surface area contributed by atoms with Crippen LogP contribution >= 0.6 is 0 Å². The van der Waals surface area contributed by atoms with Crippen LogP contribution in [0.2, 0.25) is 0 Å². The van der Waals surface area contributed by atoms with Crippen molar-refractivity contribution in [1.82, 2.24) is 4.90 Å². The molecule has 7 rings (SSSR count). The normalized spacial score (nSPS) is 32.9. The van der Waals surface area contributed by atoms with E-state index in [9.17, 15) is 4.79 Å². The van der Waals surface area contributed by atoms with Crippen molar-refractivity contribution in [2.75, 3.05) is 13.7 Å². The zero-order valence-corrected chi connectivity index (χ0v) is 24.1. The van der Waals surface area contributed by atoms with Gasteiger partial charge in [-0.25, -0.2) is 0 Å². The van der Waals surface area contributed by atoms with Crippen molar-refractivity contribution in [3.05, 3.63) is 95.1 Å². The number of piperidine rings is 1. The van der Waals surface area contributed by atoms with Gasteiger partial charge in [-0.1, -0.05) is 72.7 Å². The summed E-state index contributed by atoms with van der Waals surface area (Å²) in [7, 11) is 1.71. The zero-order valence-electron chi connectivity index (χ0n) is 24.1. The topological polar surface area (TPSA) is 48.0 Å². The van der Waals surface area contributed by atoms with Gasteiger partial charge in [0, 0.05) is 25.3 Å². The van der Waals surface area contributed by atoms with Crippen LogP contribution < -0.4 is 9.47 Å². The second kappa shape index (κ2) is 9.48. The summed E-state index contributed by atoms with van der Waals surface area (Å²) in [5.74, 6) is 4.61. The number of methoxy groups -OCH3 is 1. The lowest BCUT2D eigenvalue weighted by Gasteiger charge is -2.67. The van der Waals surface area contributed by atoms with Crippen molar-refractivity contribution in [1.29, 1.82) is 0 Å². The highest BCUT2D eigenvalue weighted by atomic mass is 16.6. The molecule has 210 valence electrons. The summed E-state index contributed by atoms with van der Waals surface area (Å²) >= 11 is 0. The summed E-state index contributed by atoms with van der Waals surface area (Å²) in [5, 5.41) is 0. The van der Waals surface area contributed by atoms with E-state index >= 15 is 0 Å². The molecule has 5 nitrogen and oxygen atoms in total. The zero-order chi connectivity index (χ0) is 28.4. The Morgan fingerprint density at radius 1 is 1.07 bits per heavy atom. The van der Waals surface area contributed by atoms with Crippen LogP contribution in [0.4, 0.5) is 0 Å². The van der Waals surface area contributed by atoms with Crippen molar-refractivity contribution in [3.8, 4) is 23.8 Å². The molecule has 1 saturated heterocycles. The molecular formula is C36H37NO4. The van der Waals surface area contributed by atoms with Gasteiger partial charge in [0.2, 0.25) is 0 Å². The monoisotopic (exact) mass is 547 g/mol. The van der Waals surface area contributed by atoms with Gasteiger partial charge in [0.1, 0.15) is 24.1 Å². The molecule has 0 radical (unpaired) electrons. The van der Waals surface area contributed by atoms with Gasteiger partial charge in [-0.3, -0.25) is 9.69 Å². The number of carbonyl (C=O) groups is 1. The number of likely N-dealkylation sites (tertiary alicyclic amines) is 1. The lowest BCUT2D eigenvalue weighted by molar-refractivity contribution is -0.212. The Hall–Kier alpha value is -3.59. The van der Waals surface area contributed by atoms with E-state index in [1.165, 1.54) is 16.7 Å². The summed E-state index contributed by atoms with van der Waals surface area (Å²) < 4.78 is 19.8. The van der Waals surface area contributed by atoms with E-state index < -0.39 is 22.5 Å². The maximum Gasteiger partial charge on any atom is 0.166 e. The van der Waals surface area contributed by atoms with Gasteiger partial charge in [-0.05, 0) is 62.4 Å². The number of ketones is 1. The van der Waals surface area contributed by atoms with Gasteiger partial charge >= 0.3 is 0 Å². The minimum atomic E-state index is -0.831. The molecule has 2 fully saturated rings. The molecule has 1 spiro atoms. The lowest BCUT2D eigenvalue weighted by Crippen LogP contribution is -2.77. The second-order valence-electron chi connectivity index (χ2n) is 12.5. The third-order valence-electron chi connectivity index (χ3n) is 10.7. The molecule has 1 saturated carbocycles. The van der Waals surface area contributed by atoms with Crippen molar-refractivity contribution in [2.24, 2.45) is 11.3 Å². The van der Waals surface area contributed by atoms with Gasteiger partial charge in [0.25, 0.3) is 0 Å². The van der Waals surface area contributed by atoms with Crippen molar-refractivity contribution in [3.63, 3.8) is 0 Å². The molecule has 3 aromatic rings. The molecule has 5 heteroatoms. The van der Waals surface area contributed by atoms with E-state index in [4.69, 9.17) is 20.6 Å². The van der Waals surface area contributed by atoms with Crippen LogP contribution in [0.25, 0.3) is 0 Å². The van der Waals surface area contributed by atoms with E-state index in [0.717, 1.165) is 43.0 Å². The first kappa shape index (κ1) is 26.3. The van der Waals surface area contributed by atoms with Crippen LogP contribution in [-0.4, -0.2) is 42.1 Å². The standard InChI is InChI=1S/C36H37NO4/c1-5-35-21-28(24(2)38)34(3,39-4)33-36(35)18-19-37(22-25-12-8-6-9-13-25)30(35)20-27-16-17-29(32(41-33)31(27)36)40-23-26-14-10-7-11-15-26/h1,6-17,28,30,33H,18-23H2,2-4H3/t28-,30+,33+,34+,35-,36+/m0/s1. The summed E-state index contributed by atoms with van der Waals surface area (Å²) in [6.45, 7) is 5.88. The van der Waals surface area contributed by atoms with E-state index in [0.29, 0.717) is 13.0 Å². The first-order valence-corrected chi connectivity index (χ1v) is 14.7. The summed E-state index contributed by atoms with van der Waals surface area (Å²) in [6, 6.07) is 25.1. The maximum absolute atomic E-state index is 13.3. The molecule has 0 unspecified atom stereocenters. The Morgan fingerprint density at radius 3 is 2.44 bits per heavy atom. The fraction of sp³-hybridized carbons (Fsp3) is 0.417. The molecule has 2 heterocycles. The molecule has 2 aliphatic carbocycles. The Balaban J connectivity index is 1.39. The van der Waals surface area contributed by atoms with Crippen LogP contribution in [0, 0.1) is 23.7 Å². The lowest BCUT2D eigenvalue weighted by atomic mass is 9.40. The Kier molecular flexibility index (Phi) is 6.08. The molecule has 6 atom stereocenters. The van der Waals surface area contributed by atoms with Gasteiger partial charge in [0.15, 0.2) is 11.5 Å². The fourth-order valence-electron chi connectivity index (χ4n) is 8.83. The first-order chi connectivity index (χ1) is 19.9. The molecule has 41 heavy (non-hydrogen) atoms. The second-order valence-corrected chi connectivity index (χ2v) is 12.5. The number of rotatable bonds is 7. The van der Waals surface area contributed by atoms with Gasteiger partial charge in [0.05, 0.1) is 16.7 Å². The molecule has 4 aliphatic rings. The van der Waals surface area contributed by atoms with Crippen LogP contribution in [0.3, 0.4) is 0 Å². The third kappa shape index (κ3) is 3.54. The first-order valence-electron chi connectivity index (χ1n) is 14.7. The van der Waals surface area contributed by atoms with E-state index in [1.54, 1.807) is 14.0 Å². The average molecular weight is 548 g/mol. The third-order valence-corrected chi connectivity index (χ3v) is 10.7. The highest BCUT2D eigenvalue weighted by molar-refractivity contribution is 5.81. The molecule has 2 aliphatic heterocycles. The van der Waals surface area contributed by atoms with Crippen molar-refractivity contribution in [2.45, 2.75) is 69.4 Å². The largest absolute Gasteiger partial charge is 0.485 e. The van der Waals surface area contributed by atoms with Crippen molar-refractivity contribution < 1.29 is 19.0 Å². The van der Waals surface area contributed by atoms with Crippen LogP contribution in [0.1, 0.15) is 48.9 Å². The quantitative estimate of drug-likeness (QED) is 0.354. The summed E-state index contributed by atoms with van der Waals surface area (Å²) in [5.41, 5.74) is 2.92. The predicted molar refractivity (Wildman–Crippen MR) is 158 cm³/mol. The number of ether oxygens (including phenoxy) is 3. The number of Topliss-reactive ketones (excluding diaryl/α,β-unsaturated/α-hetero) is 1. The Bertz CT molecular complexity index is 1530. The Morgan fingerprint density at radius 2 is 1.78 bits per heavy atom. The number of nitrogens with zero attached hydrogens (tertiary/aromatic N) is 1. The number of hydrogen-bond donors (Lipinski definition) is 0. The van der Waals surface area contributed by atoms with E-state index in [-0.39, 0.29) is 17.7 Å². The predicted octanol–water partition coefficient (Wildman–Crippen LogP) is 5.73. The molecular weight excluding hydrogens is 510 g/mol. The molecule has 0 aromatic heterocycles. The number of hydrogen-bond acceptors (Lipinski definition) is 5. The Labute approximate surface area is 242 Å². The van der Waals surface area contributed by atoms with Crippen LogP contribution in [0.15, 0.2) is 72.8 Å². The van der Waals surface area contributed by atoms with Crippen LogP contribution in [0.5, 0.6) is 11.5 Å². The van der Waals surface area contributed by atoms with E-state index in [1.807, 2.05) is 18.2 Å². The van der Waals surface area contributed by atoms with Gasteiger partial charge in [-0.2, -0.15) is 0 Å². The number of benzene rings is 3. The molecule has 0 amide bonds.